The second-order valence-electron chi connectivity index (χ2n) is 4.18. The number of aliphatic imine (C=N–C) groups is 1. The van der Waals surface area contributed by atoms with Crippen molar-refractivity contribution in [2.24, 2.45) is 22.2 Å². The van der Waals surface area contributed by atoms with Gasteiger partial charge in [-0.3, -0.25) is 19.4 Å². The number of nitrogens with zero attached hydrogens (tertiary/aromatic N) is 1. The Bertz CT molecular complexity index is 398. The summed E-state index contributed by atoms with van der Waals surface area (Å²) < 4.78 is 0. The molecule has 0 bridgehead atoms. The highest BCUT2D eigenvalue weighted by molar-refractivity contribution is 7.81. The van der Waals surface area contributed by atoms with Gasteiger partial charge < -0.3 is 32.7 Å². The Morgan fingerprint density at radius 1 is 1.27 bits per heavy atom. The zero-order chi connectivity index (χ0) is 17.7. The minimum Gasteiger partial charge on any atom is -0.480 e. The summed E-state index contributed by atoms with van der Waals surface area (Å²) in [5.74, 6) is -2.41. The lowest BCUT2D eigenvalue weighted by Crippen LogP contribution is -2.33. The van der Waals surface area contributed by atoms with Gasteiger partial charge in [0, 0.05) is 6.54 Å². The number of carbonyl (C=O) groups excluding carboxylic acids is 1. The van der Waals surface area contributed by atoms with E-state index < -0.39 is 23.2 Å². The maximum absolute atomic E-state index is 10.6. The van der Waals surface area contributed by atoms with Crippen molar-refractivity contribution < 1.29 is 24.6 Å². The number of rotatable bonds is 8. The molecule has 0 aromatic carbocycles. The third kappa shape index (κ3) is 16.0. The minimum atomic E-state index is -1.05. The summed E-state index contributed by atoms with van der Waals surface area (Å²) >= 11 is 3.79. The van der Waals surface area contributed by atoms with Crippen LogP contribution in [-0.2, 0) is 14.4 Å². The quantitative estimate of drug-likeness (QED) is 0.114. The van der Waals surface area contributed by atoms with Gasteiger partial charge in [0.15, 0.2) is 5.96 Å². The molecule has 128 valence electrons. The molecule has 10 nitrogen and oxygen atoms in total. The molecule has 0 aromatic rings. The van der Waals surface area contributed by atoms with Crippen LogP contribution < -0.4 is 22.5 Å². The molecule has 0 aromatic heterocycles. The van der Waals surface area contributed by atoms with Crippen molar-refractivity contribution in [2.75, 3.05) is 13.1 Å². The van der Waals surface area contributed by atoms with E-state index in [-0.39, 0.29) is 18.4 Å². The normalized spacial score (nSPS) is 12.1. The number of thiol groups is 1. The molecule has 0 rings (SSSR count). The van der Waals surface area contributed by atoms with Gasteiger partial charge in [-0.25, -0.2) is 0 Å². The molecule has 22 heavy (non-hydrogen) atoms. The number of nitrogens with one attached hydrogen (secondary N) is 1. The second kappa shape index (κ2) is 12.7. The SMILES string of the molecule is CC(S)C(=O)NCC(=O)O.NC(N)=NCCC[C@H](N)C(=O)O. The van der Waals surface area contributed by atoms with Crippen molar-refractivity contribution in [1.29, 1.82) is 0 Å². The first kappa shape index (κ1) is 22.3. The van der Waals surface area contributed by atoms with Crippen LogP contribution in [0.3, 0.4) is 0 Å². The van der Waals surface area contributed by atoms with Crippen LogP contribution in [-0.4, -0.2) is 58.4 Å². The predicted molar refractivity (Wildman–Crippen MR) is 84.6 cm³/mol. The summed E-state index contributed by atoms with van der Waals surface area (Å²) in [5, 5.41) is 18.2. The van der Waals surface area contributed by atoms with Gasteiger partial charge in [0.1, 0.15) is 12.6 Å². The lowest BCUT2D eigenvalue weighted by atomic mass is 10.2. The van der Waals surface area contributed by atoms with E-state index in [1.807, 2.05) is 0 Å². The van der Waals surface area contributed by atoms with Crippen molar-refractivity contribution in [2.45, 2.75) is 31.1 Å². The van der Waals surface area contributed by atoms with E-state index >= 15 is 0 Å². The first-order valence-corrected chi connectivity index (χ1v) is 6.80. The van der Waals surface area contributed by atoms with Crippen molar-refractivity contribution in [1.82, 2.24) is 5.32 Å². The number of carbonyl (C=O) groups is 3. The Labute approximate surface area is 133 Å². The van der Waals surface area contributed by atoms with Gasteiger partial charge in [-0.1, -0.05) is 0 Å². The van der Waals surface area contributed by atoms with Gasteiger partial charge >= 0.3 is 11.9 Å². The average molecular weight is 337 g/mol. The number of carboxylic acid groups (broad SMARTS) is 2. The van der Waals surface area contributed by atoms with E-state index in [0.29, 0.717) is 19.4 Å². The summed E-state index contributed by atoms with van der Waals surface area (Å²) in [4.78, 5) is 34.4. The van der Waals surface area contributed by atoms with E-state index in [2.05, 4.69) is 22.9 Å². The summed E-state index contributed by atoms with van der Waals surface area (Å²) in [7, 11) is 0. The van der Waals surface area contributed by atoms with Crippen LogP contribution in [0.1, 0.15) is 19.8 Å². The number of hydrogen-bond donors (Lipinski definition) is 7. The Kier molecular flexibility index (Phi) is 12.9. The van der Waals surface area contributed by atoms with E-state index in [1.54, 1.807) is 6.92 Å². The molecular weight excluding hydrogens is 314 g/mol. The molecule has 11 heteroatoms. The summed E-state index contributed by atoms with van der Waals surface area (Å²) in [6.45, 7) is 1.65. The molecule has 0 aliphatic rings. The summed E-state index contributed by atoms with van der Waals surface area (Å²) in [5.41, 5.74) is 15.3. The highest BCUT2D eigenvalue weighted by atomic mass is 32.1. The molecule has 1 amide bonds. The maximum Gasteiger partial charge on any atom is 0.322 e. The van der Waals surface area contributed by atoms with Gasteiger partial charge in [0.05, 0.1) is 5.25 Å². The van der Waals surface area contributed by atoms with E-state index in [0.717, 1.165) is 0 Å². The average Bonchev–Trinajstić information content (AvgIpc) is 2.40. The maximum atomic E-state index is 10.6. The monoisotopic (exact) mass is 337 g/mol. The lowest BCUT2D eigenvalue weighted by Gasteiger charge is -2.03. The van der Waals surface area contributed by atoms with E-state index in [9.17, 15) is 14.4 Å². The van der Waals surface area contributed by atoms with Crippen molar-refractivity contribution >= 4 is 36.4 Å². The third-order valence-electron chi connectivity index (χ3n) is 2.08. The van der Waals surface area contributed by atoms with Crippen LogP contribution in [0.5, 0.6) is 0 Å². The van der Waals surface area contributed by atoms with Crippen LogP contribution >= 0.6 is 12.6 Å². The minimum absolute atomic E-state index is 0.0129. The first-order chi connectivity index (χ1) is 10.1. The molecule has 0 heterocycles. The second-order valence-corrected chi connectivity index (χ2v) is 4.96. The predicted octanol–water partition coefficient (Wildman–Crippen LogP) is -2.04. The molecule has 1 unspecified atom stereocenters. The number of amides is 1. The molecule has 0 saturated carbocycles. The van der Waals surface area contributed by atoms with E-state index in [1.165, 1.54) is 0 Å². The molecule has 0 aliphatic carbocycles. The van der Waals surface area contributed by atoms with Gasteiger partial charge in [-0.15, -0.1) is 0 Å². The van der Waals surface area contributed by atoms with Gasteiger partial charge in [0.25, 0.3) is 0 Å². The van der Waals surface area contributed by atoms with Crippen LogP contribution in [0.2, 0.25) is 0 Å². The molecule has 0 spiro atoms. The first-order valence-electron chi connectivity index (χ1n) is 6.29. The molecule has 9 N–H and O–H groups in total. The van der Waals surface area contributed by atoms with E-state index in [4.69, 9.17) is 27.4 Å². The highest BCUT2D eigenvalue weighted by Crippen LogP contribution is 1.94. The Morgan fingerprint density at radius 3 is 2.18 bits per heavy atom. The van der Waals surface area contributed by atoms with Crippen LogP contribution in [0.15, 0.2) is 4.99 Å². The van der Waals surface area contributed by atoms with Gasteiger partial charge in [-0.05, 0) is 19.8 Å². The molecule has 0 aliphatic heterocycles. The fraction of sp³-hybridized carbons (Fsp3) is 0.636. The van der Waals surface area contributed by atoms with Gasteiger partial charge in [-0.2, -0.15) is 12.6 Å². The van der Waals surface area contributed by atoms with Crippen molar-refractivity contribution in [3.05, 3.63) is 0 Å². The topological polar surface area (TPSA) is 194 Å². The molecule has 2 atom stereocenters. The standard InChI is InChI=1S/C6H14N4O2.C5H9NO3S/c7-4(5(11)12)2-1-3-10-6(8)9;1-3(10)5(9)6-2-4(7)8/h4H,1-3,7H2,(H,11,12)(H4,8,9,10);3,10H,2H2,1H3,(H,6,9)(H,7,8)/t4-;/m0./s1. The zero-order valence-electron chi connectivity index (χ0n) is 12.2. The lowest BCUT2D eigenvalue weighted by molar-refractivity contribution is -0.139. The number of aliphatic carboxylic acids is 2. The number of guanidine groups is 1. The van der Waals surface area contributed by atoms with Crippen molar-refractivity contribution in [3.8, 4) is 0 Å². The molecule has 0 saturated heterocycles. The molecular formula is C11H23N5O5S. The zero-order valence-corrected chi connectivity index (χ0v) is 13.1. The van der Waals surface area contributed by atoms with Crippen LogP contribution in [0.25, 0.3) is 0 Å². The Morgan fingerprint density at radius 2 is 1.82 bits per heavy atom. The highest BCUT2D eigenvalue weighted by Gasteiger charge is 2.09. The Balaban J connectivity index is 0. The fourth-order valence-corrected chi connectivity index (χ4v) is 1.04. The number of hydrogen-bond acceptors (Lipinski definition) is 6. The number of carboxylic acids is 2. The molecule has 0 fully saturated rings. The fourth-order valence-electron chi connectivity index (χ4n) is 0.953. The smallest absolute Gasteiger partial charge is 0.322 e. The molecule has 0 radical (unpaired) electrons. The largest absolute Gasteiger partial charge is 0.480 e. The number of nitrogens with two attached hydrogens (primary N) is 3. The Hall–Kier alpha value is -2.01. The van der Waals surface area contributed by atoms with Crippen molar-refractivity contribution in [3.63, 3.8) is 0 Å². The van der Waals surface area contributed by atoms with Crippen LogP contribution in [0.4, 0.5) is 0 Å². The van der Waals surface area contributed by atoms with Gasteiger partial charge in [0.2, 0.25) is 5.91 Å². The summed E-state index contributed by atoms with van der Waals surface area (Å²) in [6.07, 6.45) is 0.956. The van der Waals surface area contributed by atoms with Crippen LogP contribution in [0, 0.1) is 0 Å². The summed E-state index contributed by atoms with van der Waals surface area (Å²) in [6, 6.07) is -0.820. The third-order valence-corrected chi connectivity index (χ3v) is 2.31.